The first-order valence-electron chi connectivity index (χ1n) is 5.08. The van der Waals surface area contributed by atoms with Crippen molar-refractivity contribution >= 4 is 27.8 Å². The fourth-order valence-corrected chi connectivity index (χ4v) is 1.61. The topological polar surface area (TPSA) is 79.3 Å². The minimum absolute atomic E-state index is 0.186. The average molecular weight is 301 g/mol. The second kappa shape index (κ2) is 5.77. The van der Waals surface area contributed by atoms with Gasteiger partial charge in [-0.05, 0) is 34.0 Å². The molecule has 92 valence electrons. The van der Waals surface area contributed by atoms with E-state index in [2.05, 4.69) is 26.2 Å². The van der Waals surface area contributed by atoms with E-state index in [4.69, 9.17) is 5.11 Å². The van der Waals surface area contributed by atoms with Crippen molar-refractivity contribution in [1.29, 1.82) is 0 Å². The Hall–Kier alpha value is -1.43. The van der Waals surface area contributed by atoms with Gasteiger partial charge in [-0.3, -0.25) is 4.79 Å². The van der Waals surface area contributed by atoms with Crippen LogP contribution in [-0.2, 0) is 4.79 Å². The minimum Gasteiger partial charge on any atom is -0.480 e. The van der Waals surface area contributed by atoms with Gasteiger partial charge in [0.05, 0.1) is 0 Å². The highest BCUT2D eigenvalue weighted by Gasteiger charge is 2.24. The average Bonchev–Trinajstić information content (AvgIpc) is 2.24. The summed E-state index contributed by atoms with van der Waals surface area (Å²) < 4.78 is 0.529. The largest absolute Gasteiger partial charge is 0.480 e. The second-order valence-electron chi connectivity index (χ2n) is 3.88. The number of aromatic nitrogens is 1. The number of carbonyl (C=O) groups is 2. The Morgan fingerprint density at radius 2 is 2.06 bits per heavy atom. The lowest BCUT2D eigenvalue weighted by molar-refractivity contribution is -0.140. The Kier molecular flexibility index (Phi) is 4.62. The monoisotopic (exact) mass is 300 g/mol. The predicted molar refractivity (Wildman–Crippen MR) is 65.7 cm³/mol. The van der Waals surface area contributed by atoms with Gasteiger partial charge in [0.2, 0.25) is 0 Å². The normalized spacial score (nSPS) is 12.2. The summed E-state index contributed by atoms with van der Waals surface area (Å²) >= 11 is 3.15. The van der Waals surface area contributed by atoms with E-state index >= 15 is 0 Å². The number of nitrogens with one attached hydrogen (secondary N) is 1. The van der Waals surface area contributed by atoms with Crippen molar-refractivity contribution in [3.63, 3.8) is 0 Å². The Morgan fingerprint density at radius 1 is 1.41 bits per heavy atom. The van der Waals surface area contributed by atoms with Crippen molar-refractivity contribution in [3.8, 4) is 0 Å². The molecule has 5 nitrogen and oxygen atoms in total. The van der Waals surface area contributed by atoms with Gasteiger partial charge in [-0.2, -0.15) is 0 Å². The molecule has 0 aliphatic rings. The van der Waals surface area contributed by atoms with E-state index in [1.807, 2.05) is 0 Å². The number of carboxylic acids is 1. The van der Waals surface area contributed by atoms with Crippen molar-refractivity contribution in [3.05, 3.63) is 28.5 Å². The molecule has 0 aliphatic carbocycles. The SMILES string of the molecule is CC(C)C(NC(=O)c1cccc(Br)n1)C(=O)O. The molecule has 0 aromatic carbocycles. The molecular formula is C11H13BrN2O3. The molecular weight excluding hydrogens is 288 g/mol. The van der Waals surface area contributed by atoms with Crippen LogP contribution in [-0.4, -0.2) is 28.0 Å². The summed E-state index contributed by atoms with van der Waals surface area (Å²) in [7, 11) is 0. The number of carbonyl (C=O) groups excluding carboxylic acids is 1. The molecule has 6 heteroatoms. The van der Waals surface area contributed by atoms with Crippen molar-refractivity contribution in [1.82, 2.24) is 10.3 Å². The molecule has 0 fully saturated rings. The zero-order valence-electron chi connectivity index (χ0n) is 9.48. The van der Waals surface area contributed by atoms with Gasteiger partial charge in [0.15, 0.2) is 0 Å². The van der Waals surface area contributed by atoms with Gasteiger partial charge in [0.25, 0.3) is 5.91 Å². The molecule has 0 radical (unpaired) electrons. The molecule has 1 aromatic heterocycles. The molecule has 0 aliphatic heterocycles. The number of pyridine rings is 1. The fraction of sp³-hybridized carbons (Fsp3) is 0.364. The Morgan fingerprint density at radius 3 is 2.53 bits per heavy atom. The molecule has 0 saturated carbocycles. The number of amides is 1. The minimum atomic E-state index is -1.05. The van der Waals surface area contributed by atoms with Gasteiger partial charge < -0.3 is 10.4 Å². The highest BCUT2D eigenvalue weighted by molar-refractivity contribution is 9.10. The third-order valence-corrected chi connectivity index (χ3v) is 2.61. The highest BCUT2D eigenvalue weighted by atomic mass is 79.9. The van der Waals surface area contributed by atoms with E-state index in [0.29, 0.717) is 4.60 Å². The number of rotatable bonds is 4. The molecule has 1 aromatic rings. The first-order chi connectivity index (χ1) is 7.91. The number of hydrogen-bond acceptors (Lipinski definition) is 3. The van der Waals surface area contributed by atoms with Crippen LogP contribution in [0.2, 0.25) is 0 Å². The number of carboxylic acid groups (broad SMARTS) is 1. The van der Waals surface area contributed by atoms with E-state index < -0.39 is 17.9 Å². The molecule has 17 heavy (non-hydrogen) atoms. The van der Waals surface area contributed by atoms with Crippen LogP contribution in [0.15, 0.2) is 22.8 Å². The molecule has 2 N–H and O–H groups in total. The van der Waals surface area contributed by atoms with Gasteiger partial charge in [-0.1, -0.05) is 19.9 Å². The summed E-state index contributed by atoms with van der Waals surface area (Å²) in [5, 5.41) is 11.4. The third-order valence-electron chi connectivity index (χ3n) is 2.17. The van der Waals surface area contributed by atoms with Crippen LogP contribution in [0.3, 0.4) is 0 Å². The number of halogens is 1. The first kappa shape index (κ1) is 13.6. The van der Waals surface area contributed by atoms with Crippen LogP contribution in [0.4, 0.5) is 0 Å². The lowest BCUT2D eigenvalue weighted by atomic mass is 10.0. The zero-order chi connectivity index (χ0) is 13.0. The van der Waals surface area contributed by atoms with E-state index in [0.717, 1.165) is 0 Å². The van der Waals surface area contributed by atoms with Crippen molar-refractivity contribution < 1.29 is 14.7 Å². The van der Waals surface area contributed by atoms with Crippen molar-refractivity contribution in [2.45, 2.75) is 19.9 Å². The molecule has 1 heterocycles. The van der Waals surface area contributed by atoms with Crippen molar-refractivity contribution in [2.24, 2.45) is 5.92 Å². The van der Waals surface area contributed by atoms with Crippen molar-refractivity contribution in [2.75, 3.05) is 0 Å². The van der Waals surface area contributed by atoms with Gasteiger partial charge in [-0.25, -0.2) is 9.78 Å². The fourth-order valence-electron chi connectivity index (χ4n) is 1.26. The summed E-state index contributed by atoms with van der Waals surface area (Å²) in [4.78, 5) is 26.6. The maximum absolute atomic E-state index is 11.8. The zero-order valence-corrected chi connectivity index (χ0v) is 11.1. The number of hydrogen-bond donors (Lipinski definition) is 2. The lowest BCUT2D eigenvalue weighted by Gasteiger charge is -2.17. The second-order valence-corrected chi connectivity index (χ2v) is 4.69. The summed E-state index contributed by atoms with van der Waals surface area (Å²) in [5.74, 6) is -1.74. The molecule has 1 amide bonds. The maximum atomic E-state index is 11.8. The van der Waals surface area contributed by atoms with Crippen LogP contribution in [0.1, 0.15) is 24.3 Å². The van der Waals surface area contributed by atoms with E-state index in [1.165, 1.54) is 6.07 Å². The van der Waals surface area contributed by atoms with Crippen LogP contribution in [0.5, 0.6) is 0 Å². The van der Waals surface area contributed by atoms with Crippen LogP contribution in [0.25, 0.3) is 0 Å². The summed E-state index contributed by atoms with van der Waals surface area (Å²) in [6, 6.07) is 3.97. The highest BCUT2D eigenvalue weighted by Crippen LogP contribution is 2.08. The third kappa shape index (κ3) is 3.81. The molecule has 1 unspecified atom stereocenters. The predicted octanol–water partition coefficient (Wildman–Crippen LogP) is 1.68. The number of nitrogens with zero attached hydrogens (tertiary/aromatic N) is 1. The van der Waals surface area contributed by atoms with Gasteiger partial charge in [-0.15, -0.1) is 0 Å². The standard InChI is InChI=1S/C11H13BrN2O3/c1-6(2)9(11(16)17)14-10(15)7-4-3-5-8(12)13-7/h3-6,9H,1-2H3,(H,14,15)(H,16,17). The summed E-state index contributed by atoms with van der Waals surface area (Å²) in [6.45, 7) is 3.46. The van der Waals surface area contributed by atoms with Gasteiger partial charge in [0, 0.05) is 0 Å². The molecule has 1 atom stereocenters. The Bertz CT molecular complexity index is 434. The van der Waals surface area contributed by atoms with Gasteiger partial charge in [0.1, 0.15) is 16.3 Å². The molecule has 1 rings (SSSR count). The number of aliphatic carboxylic acids is 1. The Labute approximate surface area is 107 Å². The smallest absolute Gasteiger partial charge is 0.326 e. The van der Waals surface area contributed by atoms with E-state index in [-0.39, 0.29) is 11.6 Å². The molecule has 0 saturated heterocycles. The van der Waals surface area contributed by atoms with Crippen LogP contribution >= 0.6 is 15.9 Å². The molecule has 0 bridgehead atoms. The summed E-state index contributed by atoms with van der Waals surface area (Å²) in [5.41, 5.74) is 0.186. The maximum Gasteiger partial charge on any atom is 0.326 e. The van der Waals surface area contributed by atoms with Crippen LogP contribution < -0.4 is 5.32 Å². The summed E-state index contributed by atoms with van der Waals surface area (Å²) in [6.07, 6.45) is 0. The van der Waals surface area contributed by atoms with Gasteiger partial charge >= 0.3 is 5.97 Å². The lowest BCUT2D eigenvalue weighted by Crippen LogP contribution is -2.44. The van der Waals surface area contributed by atoms with E-state index in [1.54, 1.807) is 26.0 Å². The van der Waals surface area contributed by atoms with Crippen LogP contribution in [0, 0.1) is 5.92 Å². The molecule has 0 spiro atoms. The van der Waals surface area contributed by atoms with E-state index in [9.17, 15) is 9.59 Å². The quantitative estimate of drug-likeness (QED) is 0.829. The first-order valence-corrected chi connectivity index (χ1v) is 5.87. The Balaban J connectivity index is 2.81.